The Morgan fingerprint density at radius 1 is 1.43 bits per heavy atom. The molecule has 21 heavy (non-hydrogen) atoms. The molecule has 6 nitrogen and oxygen atoms in total. The molecule has 2 heterocycles. The molecule has 1 aliphatic heterocycles. The molecule has 2 fully saturated rings. The van der Waals surface area contributed by atoms with E-state index in [9.17, 15) is 8.42 Å². The third kappa shape index (κ3) is 2.89. The molecule has 1 aromatic rings. The number of nitrogen functional groups attached to an aromatic ring is 1. The van der Waals surface area contributed by atoms with E-state index < -0.39 is 9.84 Å². The molecule has 1 aromatic heterocycles. The molecule has 1 aliphatic carbocycles. The highest BCUT2D eigenvalue weighted by molar-refractivity contribution is 7.92. The molecule has 0 bridgehead atoms. The zero-order valence-corrected chi connectivity index (χ0v) is 13.8. The molecule has 2 N–H and O–H groups in total. The van der Waals surface area contributed by atoms with Crippen molar-refractivity contribution < 1.29 is 13.2 Å². The van der Waals surface area contributed by atoms with Crippen molar-refractivity contribution in [1.82, 2.24) is 4.37 Å². The van der Waals surface area contributed by atoms with Crippen LogP contribution in [0, 0.1) is 0 Å². The van der Waals surface area contributed by atoms with Gasteiger partial charge in [0, 0.05) is 19.7 Å². The van der Waals surface area contributed by atoms with Crippen molar-refractivity contribution in [1.29, 1.82) is 0 Å². The highest BCUT2D eigenvalue weighted by Gasteiger charge is 2.42. The third-order valence-electron chi connectivity index (χ3n) is 3.97. The van der Waals surface area contributed by atoms with Gasteiger partial charge in [-0.1, -0.05) is 0 Å². The highest BCUT2D eigenvalue weighted by atomic mass is 32.2. The summed E-state index contributed by atoms with van der Waals surface area (Å²) in [6.45, 7) is 4.20. The number of hydrogen-bond acceptors (Lipinski definition) is 7. The van der Waals surface area contributed by atoms with Crippen molar-refractivity contribution >= 4 is 32.2 Å². The van der Waals surface area contributed by atoms with Crippen LogP contribution in [-0.2, 0) is 14.6 Å². The van der Waals surface area contributed by atoms with Gasteiger partial charge in [-0.3, -0.25) is 0 Å². The third-order valence-corrected chi connectivity index (χ3v) is 7.35. The van der Waals surface area contributed by atoms with Gasteiger partial charge in [-0.25, -0.2) is 8.42 Å². The van der Waals surface area contributed by atoms with Gasteiger partial charge >= 0.3 is 0 Å². The quantitative estimate of drug-likeness (QED) is 0.883. The SMILES string of the molecule is CCOC1CCCN(c2snc(N)c2S(=O)(=O)C2CC2)C1. The Labute approximate surface area is 129 Å². The lowest BCUT2D eigenvalue weighted by Crippen LogP contribution is -2.40. The smallest absolute Gasteiger partial charge is 0.187 e. The van der Waals surface area contributed by atoms with Crippen LogP contribution >= 0.6 is 11.5 Å². The molecule has 1 saturated heterocycles. The zero-order valence-electron chi connectivity index (χ0n) is 12.1. The largest absolute Gasteiger partial charge is 0.382 e. The number of aromatic nitrogens is 1. The van der Waals surface area contributed by atoms with Gasteiger partial charge in [-0.05, 0) is 44.1 Å². The van der Waals surface area contributed by atoms with Gasteiger partial charge in [0.15, 0.2) is 15.7 Å². The molecule has 1 saturated carbocycles. The van der Waals surface area contributed by atoms with E-state index >= 15 is 0 Å². The van der Waals surface area contributed by atoms with Gasteiger partial charge in [0.25, 0.3) is 0 Å². The maximum absolute atomic E-state index is 12.6. The van der Waals surface area contributed by atoms with E-state index in [-0.39, 0.29) is 22.1 Å². The lowest BCUT2D eigenvalue weighted by atomic mass is 10.1. The summed E-state index contributed by atoms with van der Waals surface area (Å²) in [5.41, 5.74) is 5.86. The molecule has 1 unspecified atom stereocenters. The molecular formula is C13H21N3O3S2. The van der Waals surface area contributed by atoms with Crippen LogP contribution in [0.15, 0.2) is 4.90 Å². The van der Waals surface area contributed by atoms with E-state index in [1.165, 1.54) is 11.5 Å². The number of nitrogens with two attached hydrogens (primary N) is 1. The second-order valence-corrected chi connectivity index (χ2v) is 8.53. The number of anilines is 2. The number of piperidine rings is 1. The van der Waals surface area contributed by atoms with Crippen molar-refractivity contribution in [2.75, 3.05) is 30.3 Å². The Kier molecular flexibility index (Phi) is 4.11. The molecule has 0 aromatic carbocycles. The fourth-order valence-electron chi connectivity index (χ4n) is 2.79. The summed E-state index contributed by atoms with van der Waals surface area (Å²) in [7, 11) is -3.32. The molecule has 0 spiro atoms. The Morgan fingerprint density at radius 2 is 2.19 bits per heavy atom. The van der Waals surface area contributed by atoms with E-state index in [1.807, 2.05) is 6.92 Å². The van der Waals surface area contributed by atoms with Crippen LogP contribution in [0.25, 0.3) is 0 Å². The molecule has 0 radical (unpaired) electrons. The normalized spacial score (nSPS) is 23.5. The van der Waals surface area contributed by atoms with Crippen LogP contribution in [0.4, 0.5) is 10.8 Å². The molecule has 118 valence electrons. The van der Waals surface area contributed by atoms with Gasteiger partial charge in [0.1, 0.15) is 9.90 Å². The minimum Gasteiger partial charge on any atom is -0.382 e. The number of nitrogens with zero attached hydrogens (tertiary/aromatic N) is 2. The summed E-state index contributed by atoms with van der Waals surface area (Å²) >= 11 is 1.19. The topological polar surface area (TPSA) is 85.5 Å². The lowest BCUT2D eigenvalue weighted by Gasteiger charge is -2.33. The Balaban J connectivity index is 1.89. The molecule has 3 rings (SSSR count). The first-order chi connectivity index (χ1) is 10.0. The van der Waals surface area contributed by atoms with Crippen molar-refractivity contribution in [3.8, 4) is 0 Å². The first kappa shape index (κ1) is 15.1. The standard InChI is InChI=1S/C13H21N3O3S2/c1-2-19-9-4-3-7-16(8-9)13-11(12(14)15-20-13)21(17,18)10-5-6-10/h9-10H,2-8H2,1H3,(H2,14,15). The molecule has 0 amide bonds. The van der Waals surface area contributed by atoms with Gasteiger partial charge in [0.05, 0.1) is 11.4 Å². The maximum Gasteiger partial charge on any atom is 0.187 e. The predicted octanol–water partition coefficient (Wildman–Crippen LogP) is 1.67. The minimum absolute atomic E-state index is 0.153. The van der Waals surface area contributed by atoms with E-state index in [0.29, 0.717) is 18.2 Å². The fraction of sp³-hybridized carbons (Fsp3) is 0.769. The highest BCUT2D eigenvalue weighted by Crippen LogP contribution is 2.43. The number of sulfone groups is 1. The average molecular weight is 331 g/mol. The van der Waals surface area contributed by atoms with E-state index in [1.54, 1.807) is 0 Å². The maximum atomic E-state index is 12.6. The summed E-state index contributed by atoms with van der Waals surface area (Å²) < 4.78 is 34.9. The van der Waals surface area contributed by atoms with Crippen molar-refractivity contribution in [3.05, 3.63) is 0 Å². The van der Waals surface area contributed by atoms with Gasteiger partial charge in [-0.15, -0.1) is 0 Å². The molecule has 8 heteroatoms. The van der Waals surface area contributed by atoms with Crippen LogP contribution in [0.3, 0.4) is 0 Å². The van der Waals surface area contributed by atoms with Crippen molar-refractivity contribution in [2.24, 2.45) is 0 Å². The first-order valence-corrected chi connectivity index (χ1v) is 9.71. The van der Waals surface area contributed by atoms with E-state index in [2.05, 4.69) is 9.27 Å². The second kappa shape index (κ2) is 5.73. The monoisotopic (exact) mass is 331 g/mol. The summed E-state index contributed by atoms with van der Waals surface area (Å²) in [6.07, 6.45) is 3.63. The average Bonchev–Trinajstić information content (AvgIpc) is 3.23. The van der Waals surface area contributed by atoms with Crippen LogP contribution < -0.4 is 10.6 Å². The first-order valence-electron chi connectivity index (χ1n) is 7.39. The zero-order chi connectivity index (χ0) is 15.0. The van der Waals surface area contributed by atoms with Crippen LogP contribution in [-0.4, -0.2) is 43.8 Å². The van der Waals surface area contributed by atoms with Gasteiger partial charge in [-0.2, -0.15) is 4.37 Å². The molecular weight excluding hydrogens is 310 g/mol. The summed E-state index contributed by atoms with van der Waals surface area (Å²) in [5.74, 6) is 0.153. The van der Waals surface area contributed by atoms with Crippen molar-refractivity contribution in [2.45, 2.75) is 48.9 Å². The minimum atomic E-state index is -3.32. The van der Waals surface area contributed by atoms with E-state index in [4.69, 9.17) is 10.5 Å². The summed E-state index contributed by atoms with van der Waals surface area (Å²) in [5, 5.41) is 0.436. The molecule has 1 atom stereocenters. The van der Waals surface area contributed by atoms with Crippen molar-refractivity contribution in [3.63, 3.8) is 0 Å². The van der Waals surface area contributed by atoms with E-state index in [0.717, 1.165) is 32.2 Å². The Hall–Kier alpha value is -0.860. The Morgan fingerprint density at radius 3 is 2.86 bits per heavy atom. The fourth-order valence-corrected chi connectivity index (χ4v) is 5.86. The number of rotatable bonds is 5. The summed E-state index contributed by atoms with van der Waals surface area (Å²) in [4.78, 5) is 2.33. The second-order valence-electron chi connectivity index (χ2n) is 5.61. The summed E-state index contributed by atoms with van der Waals surface area (Å²) in [6, 6.07) is 0. The van der Waals surface area contributed by atoms with Crippen LogP contribution in [0.5, 0.6) is 0 Å². The molecule has 2 aliphatic rings. The number of hydrogen-bond donors (Lipinski definition) is 1. The number of ether oxygens (including phenoxy) is 1. The van der Waals surface area contributed by atoms with Crippen LogP contribution in [0.2, 0.25) is 0 Å². The van der Waals surface area contributed by atoms with Gasteiger partial charge in [0.2, 0.25) is 0 Å². The lowest BCUT2D eigenvalue weighted by molar-refractivity contribution is 0.0527. The van der Waals surface area contributed by atoms with Gasteiger partial charge < -0.3 is 15.4 Å². The Bertz CT molecular complexity index is 608. The van der Waals surface area contributed by atoms with Crippen LogP contribution in [0.1, 0.15) is 32.6 Å². The predicted molar refractivity (Wildman–Crippen MR) is 83.6 cm³/mol.